The van der Waals surface area contributed by atoms with Crippen molar-refractivity contribution in [2.75, 3.05) is 6.61 Å². The van der Waals surface area contributed by atoms with E-state index < -0.39 is 0 Å². The molecule has 0 atom stereocenters. The number of halogens is 2. The molecule has 0 aliphatic carbocycles. The summed E-state index contributed by atoms with van der Waals surface area (Å²) < 4.78 is 19.7. The Morgan fingerprint density at radius 1 is 1.59 bits per heavy atom. The van der Waals surface area contributed by atoms with E-state index in [4.69, 9.17) is 4.74 Å². The van der Waals surface area contributed by atoms with Gasteiger partial charge in [-0.15, -0.1) is 11.3 Å². The number of ether oxygens (including phenoxy) is 1. The van der Waals surface area contributed by atoms with E-state index in [1.165, 1.54) is 17.4 Å². The van der Waals surface area contributed by atoms with Crippen molar-refractivity contribution in [1.29, 1.82) is 0 Å². The first-order valence-electron chi connectivity index (χ1n) is 5.00. The molecule has 0 aliphatic heterocycles. The minimum Gasteiger partial charge on any atom is -0.466 e. The normalized spacial score (nSPS) is 10.8. The number of hydrogen-bond donors (Lipinski definition) is 0. The molecule has 0 bridgehead atoms. The van der Waals surface area contributed by atoms with Crippen LogP contribution in [-0.2, 0) is 16.0 Å². The van der Waals surface area contributed by atoms with Gasteiger partial charge in [0.25, 0.3) is 0 Å². The van der Waals surface area contributed by atoms with Gasteiger partial charge in [0.1, 0.15) is 10.5 Å². The second-order valence-electron chi connectivity index (χ2n) is 3.32. The van der Waals surface area contributed by atoms with Gasteiger partial charge in [0.2, 0.25) is 0 Å². The van der Waals surface area contributed by atoms with E-state index >= 15 is 0 Å². The quantitative estimate of drug-likeness (QED) is 0.815. The molecule has 3 nitrogen and oxygen atoms in total. The fraction of sp³-hybridized carbons (Fsp3) is 0.273. The topological polar surface area (TPSA) is 39.2 Å². The Hall–Kier alpha value is -1.01. The van der Waals surface area contributed by atoms with Crippen LogP contribution >= 0.6 is 27.3 Å². The van der Waals surface area contributed by atoms with E-state index in [2.05, 4.69) is 20.9 Å². The van der Waals surface area contributed by atoms with Crippen LogP contribution in [0.2, 0.25) is 0 Å². The number of esters is 1. The summed E-state index contributed by atoms with van der Waals surface area (Å²) in [4.78, 5) is 15.4. The van der Waals surface area contributed by atoms with Crippen LogP contribution in [0.15, 0.2) is 16.6 Å². The first-order chi connectivity index (χ1) is 8.10. The van der Waals surface area contributed by atoms with Crippen molar-refractivity contribution in [2.45, 2.75) is 13.3 Å². The Morgan fingerprint density at radius 2 is 2.35 bits per heavy atom. The molecule has 0 spiro atoms. The summed E-state index contributed by atoms with van der Waals surface area (Å²) in [5.41, 5.74) is 0.303. The van der Waals surface area contributed by atoms with Gasteiger partial charge >= 0.3 is 5.97 Å². The number of hydrogen-bond acceptors (Lipinski definition) is 4. The molecule has 0 aliphatic rings. The van der Waals surface area contributed by atoms with Crippen molar-refractivity contribution < 1.29 is 13.9 Å². The summed E-state index contributed by atoms with van der Waals surface area (Å²) in [6, 6.07) is 3.14. The third kappa shape index (κ3) is 2.81. The Balaban J connectivity index is 2.32. The molecule has 6 heteroatoms. The van der Waals surface area contributed by atoms with Crippen molar-refractivity contribution in [1.82, 2.24) is 4.98 Å². The van der Waals surface area contributed by atoms with Gasteiger partial charge in [-0.1, -0.05) is 15.9 Å². The highest BCUT2D eigenvalue weighted by Gasteiger charge is 2.12. The number of carbonyl (C=O) groups excluding carboxylic acids is 1. The summed E-state index contributed by atoms with van der Waals surface area (Å²) in [6.45, 7) is 2.08. The fourth-order valence-electron chi connectivity index (χ4n) is 1.41. The zero-order valence-corrected chi connectivity index (χ0v) is 11.4. The maximum Gasteiger partial charge on any atom is 0.312 e. The SMILES string of the molecule is CCOC(=O)Cc1nc2c(F)cc(Br)cc2s1. The average molecular weight is 318 g/mol. The van der Waals surface area contributed by atoms with Crippen molar-refractivity contribution in [3.8, 4) is 0 Å². The minimum atomic E-state index is -0.388. The van der Waals surface area contributed by atoms with E-state index in [0.29, 0.717) is 21.6 Å². The van der Waals surface area contributed by atoms with Crippen LogP contribution in [-0.4, -0.2) is 17.6 Å². The highest BCUT2D eigenvalue weighted by atomic mass is 79.9. The van der Waals surface area contributed by atoms with Gasteiger partial charge in [0.15, 0.2) is 5.82 Å². The largest absolute Gasteiger partial charge is 0.466 e. The molecule has 2 rings (SSSR count). The maximum atomic E-state index is 13.5. The molecule has 0 N–H and O–H groups in total. The van der Waals surface area contributed by atoms with Gasteiger partial charge in [-0.3, -0.25) is 4.79 Å². The molecule has 0 radical (unpaired) electrons. The molecule has 0 unspecified atom stereocenters. The van der Waals surface area contributed by atoms with Crippen LogP contribution < -0.4 is 0 Å². The van der Waals surface area contributed by atoms with E-state index in [9.17, 15) is 9.18 Å². The van der Waals surface area contributed by atoms with Gasteiger partial charge in [0.05, 0.1) is 17.7 Å². The third-order valence-corrected chi connectivity index (χ3v) is 3.52. The monoisotopic (exact) mass is 317 g/mol. The molecule has 0 amide bonds. The highest BCUT2D eigenvalue weighted by molar-refractivity contribution is 9.10. The molecular weight excluding hydrogens is 309 g/mol. The molecule has 1 aromatic carbocycles. The molecule has 17 heavy (non-hydrogen) atoms. The lowest BCUT2D eigenvalue weighted by Gasteiger charge is -1.97. The average Bonchev–Trinajstić information content (AvgIpc) is 2.60. The molecule has 1 aromatic heterocycles. The van der Waals surface area contributed by atoms with Gasteiger partial charge in [-0.2, -0.15) is 0 Å². The summed E-state index contributed by atoms with van der Waals surface area (Å²) in [7, 11) is 0. The van der Waals surface area contributed by atoms with Crippen LogP contribution in [0.1, 0.15) is 11.9 Å². The molecule has 0 saturated carbocycles. The van der Waals surface area contributed by atoms with Crippen LogP contribution in [0.3, 0.4) is 0 Å². The number of fused-ring (bicyclic) bond motifs is 1. The predicted molar refractivity (Wildman–Crippen MR) is 67.6 cm³/mol. The smallest absolute Gasteiger partial charge is 0.312 e. The lowest BCUT2D eigenvalue weighted by atomic mass is 10.3. The van der Waals surface area contributed by atoms with Gasteiger partial charge in [0, 0.05) is 4.47 Å². The summed E-state index contributed by atoms with van der Waals surface area (Å²) in [5, 5.41) is 0.565. The molecule has 90 valence electrons. The van der Waals surface area contributed by atoms with Crippen molar-refractivity contribution in [3.05, 3.63) is 27.4 Å². The summed E-state index contributed by atoms with van der Waals surface area (Å²) >= 11 is 4.51. The number of aromatic nitrogens is 1. The standard InChI is InChI=1S/C11H9BrFNO2S/c1-2-16-10(15)5-9-14-11-7(13)3-6(12)4-8(11)17-9/h3-4H,2,5H2,1H3. The Labute approximate surface area is 110 Å². The Bertz CT molecular complexity index is 570. The maximum absolute atomic E-state index is 13.5. The van der Waals surface area contributed by atoms with E-state index in [0.717, 1.165) is 4.70 Å². The predicted octanol–water partition coefficient (Wildman–Crippen LogP) is 3.30. The lowest BCUT2D eigenvalue weighted by Crippen LogP contribution is -2.06. The van der Waals surface area contributed by atoms with Crippen molar-refractivity contribution >= 4 is 43.5 Å². The zero-order chi connectivity index (χ0) is 12.4. The van der Waals surface area contributed by atoms with Crippen molar-refractivity contribution in [3.63, 3.8) is 0 Å². The van der Waals surface area contributed by atoms with E-state index in [-0.39, 0.29) is 18.2 Å². The second-order valence-corrected chi connectivity index (χ2v) is 5.35. The number of benzene rings is 1. The van der Waals surface area contributed by atoms with Crippen LogP contribution in [0.25, 0.3) is 10.2 Å². The minimum absolute atomic E-state index is 0.0875. The van der Waals surface area contributed by atoms with Crippen LogP contribution in [0.5, 0.6) is 0 Å². The highest BCUT2D eigenvalue weighted by Crippen LogP contribution is 2.28. The Kier molecular flexibility index (Phi) is 3.73. The molecular formula is C11H9BrFNO2S. The van der Waals surface area contributed by atoms with Crippen molar-refractivity contribution in [2.24, 2.45) is 0 Å². The third-order valence-electron chi connectivity index (χ3n) is 2.06. The van der Waals surface area contributed by atoms with Gasteiger partial charge in [-0.25, -0.2) is 9.37 Å². The zero-order valence-electron chi connectivity index (χ0n) is 9.00. The lowest BCUT2D eigenvalue weighted by molar-refractivity contribution is -0.142. The molecule has 2 aromatic rings. The van der Waals surface area contributed by atoms with Gasteiger partial charge in [-0.05, 0) is 19.1 Å². The first kappa shape index (κ1) is 12.4. The number of carbonyl (C=O) groups is 1. The van der Waals surface area contributed by atoms with E-state index in [1.54, 1.807) is 13.0 Å². The molecule has 0 saturated heterocycles. The fourth-order valence-corrected chi connectivity index (χ4v) is 3.00. The number of thiazole rings is 1. The molecule has 1 heterocycles. The number of rotatable bonds is 3. The summed E-state index contributed by atoms with van der Waals surface area (Å²) in [6.07, 6.45) is 0.0875. The van der Waals surface area contributed by atoms with Crippen LogP contribution in [0.4, 0.5) is 4.39 Å². The van der Waals surface area contributed by atoms with Crippen LogP contribution in [0, 0.1) is 5.82 Å². The van der Waals surface area contributed by atoms with E-state index in [1.807, 2.05) is 0 Å². The molecule has 0 fully saturated rings. The Morgan fingerprint density at radius 3 is 3.06 bits per heavy atom. The summed E-state index contributed by atoms with van der Waals surface area (Å²) in [5.74, 6) is -0.730. The first-order valence-corrected chi connectivity index (χ1v) is 6.61. The number of nitrogens with zero attached hydrogens (tertiary/aromatic N) is 1. The second kappa shape index (κ2) is 5.10. The van der Waals surface area contributed by atoms with Gasteiger partial charge < -0.3 is 4.74 Å².